The van der Waals surface area contributed by atoms with Crippen molar-refractivity contribution in [3.8, 4) is 11.1 Å². The highest BCUT2D eigenvalue weighted by Crippen LogP contribution is 2.44. The van der Waals surface area contributed by atoms with Gasteiger partial charge in [0.25, 0.3) is 0 Å². The molecule has 2 amide bonds. The summed E-state index contributed by atoms with van der Waals surface area (Å²) >= 11 is 1.21. The lowest BCUT2D eigenvalue weighted by Gasteiger charge is -2.19. The Morgan fingerprint density at radius 2 is 1.80 bits per heavy atom. The molecular formula is C26H25N3O5S. The quantitative estimate of drug-likeness (QED) is 0.530. The number of nitrogens with one attached hydrogen (secondary N) is 1. The van der Waals surface area contributed by atoms with Gasteiger partial charge in [-0.1, -0.05) is 48.5 Å². The van der Waals surface area contributed by atoms with Crippen molar-refractivity contribution >= 4 is 34.4 Å². The number of rotatable bonds is 6. The second-order valence-corrected chi connectivity index (χ2v) is 10.1. The summed E-state index contributed by atoms with van der Waals surface area (Å²) in [6.07, 6.45) is -0.117. The molecule has 2 aliphatic rings. The van der Waals surface area contributed by atoms with Crippen LogP contribution in [0.15, 0.2) is 53.9 Å². The lowest BCUT2D eigenvalue weighted by atomic mass is 9.90. The number of likely N-dealkylation sites (tertiary alicyclic amines) is 1. The minimum atomic E-state index is -0.908. The first-order valence-corrected chi connectivity index (χ1v) is 12.3. The molecule has 0 spiro atoms. The van der Waals surface area contributed by atoms with Gasteiger partial charge in [0, 0.05) is 24.4 Å². The summed E-state index contributed by atoms with van der Waals surface area (Å²) in [7, 11) is 0. The molecule has 8 nitrogen and oxygen atoms in total. The van der Waals surface area contributed by atoms with Crippen LogP contribution < -0.4 is 5.32 Å². The van der Waals surface area contributed by atoms with Gasteiger partial charge in [0.1, 0.15) is 6.61 Å². The Hall–Kier alpha value is -3.72. The first-order valence-electron chi connectivity index (χ1n) is 11.4. The highest BCUT2D eigenvalue weighted by molar-refractivity contribution is 7.13. The Balaban J connectivity index is 1.16. The zero-order chi connectivity index (χ0) is 24.6. The van der Waals surface area contributed by atoms with Gasteiger partial charge in [-0.3, -0.25) is 14.9 Å². The third-order valence-corrected chi connectivity index (χ3v) is 7.59. The van der Waals surface area contributed by atoms with Gasteiger partial charge in [0.2, 0.25) is 5.91 Å². The molecule has 1 unspecified atom stereocenters. The number of ether oxygens (including phenoxy) is 1. The minimum absolute atomic E-state index is 0.0328. The monoisotopic (exact) mass is 491 g/mol. The predicted molar refractivity (Wildman–Crippen MR) is 131 cm³/mol. The van der Waals surface area contributed by atoms with E-state index in [1.807, 2.05) is 24.3 Å². The third kappa shape index (κ3) is 4.51. The molecule has 0 saturated carbocycles. The van der Waals surface area contributed by atoms with E-state index in [9.17, 15) is 19.5 Å². The first kappa shape index (κ1) is 23.0. The zero-order valence-corrected chi connectivity index (χ0v) is 20.0. The average Bonchev–Trinajstić information content (AvgIpc) is 3.54. The zero-order valence-electron chi connectivity index (χ0n) is 19.2. The Bertz CT molecular complexity index is 1260. The number of carboxylic acids is 1. The lowest BCUT2D eigenvalue weighted by molar-refractivity contribution is -0.147. The van der Waals surface area contributed by atoms with E-state index in [-0.39, 0.29) is 31.4 Å². The fourth-order valence-electron chi connectivity index (χ4n) is 4.78. The second kappa shape index (κ2) is 9.14. The standard InChI is InChI=1S/C26H25N3O5S/c1-26(23(31)32)10-11-29(15-26)22(30)12-16-14-35-24(27-16)28-25(33)34-13-21-19-8-4-2-6-17(19)18-7-3-5-9-20(18)21/h2-9,14,21H,10-13,15H2,1H3,(H,31,32)(H,27,28,33). The van der Waals surface area contributed by atoms with Crippen molar-refractivity contribution in [2.45, 2.75) is 25.7 Å². The summed E-state index contributed by atoms with van der Waals surface area (Å²) in [6.45, 7) is 2.46. The molecule has 0 radical (unpaired) electrons. The number of nitrogens with zero attached hydrogens (tertiary/aromatic N) is 2. The summed E-state index contributed by atoms with van der Waals surface area (Å²) in [4.78, 5) is 42.4. The number of carbonyl (C=O) groups excluding carboxylic acids is 2. The van der Waals surface area contributed by atoms with Crippen LogP contribution in [-0.4, -0.2) is 52.7 Å². The maximum Gasteiger partial charge on any atom is 0.413 e. The molecule has 1 aromatic heterocycles. The topological polar surface area (TPSA) is 109 Å². The fourth-order valence-corrected chi connectivity index (χ4v) is 5.48. The van der Waals surface area contributed by atoms with E-state index in [1.165, 1.54) is 11.3 Å². The minimum Gasteiger partial charge on any atom is -0.481 e. The van der Waals surface area contributed by atoms with E-state index >= 15 is 0 Å². The van der Waals surface area contributed by atoms with Gasteiger partial charge in [-0.15, -0.1) is 11.3 Å². The molecule has 5 rings (SSSR count). The van der Waals surface area contributed by atoms with Crippen LogP contribution in [0, 0.1) is 5.41 Å². The second-order valence-electron chi connectivity index (χ2n) is 9.20. The molecule has 35 heavy (non-hydrogen) atoms. The maximum atomic E-state index is 12.6. The highest BCUT2D eigenvalue weighted by Gasteiger charge is 2.42. The molecule has 2 N–H and O–H groups in total. The average molecular weight is 492 g/mol. The lowest BCUT2D eigenvalue weighted by Crippen LogP contribution is -2.35. The van der Waals surface area contributed by atoms with Crippen LogP contribution in [0.3, 0.4) is 0 Å². The van der Waals surface area contributed by atoms with Gasteiger partial charge in [0.05, 0.1) is 17.5 Å². The van der Waals surface area contributed by atoms with E-state index < -0.39 is 17.5 Å². The number of aliphatic carboxylic acids is 1. The van der Waals surface area contributed by atoms with Crippen LogP contribution in [0.1, 0.15) is 36.1 Å². The van der Waals surface area contributed by atoms with Gasteiger partial charge in [-0.05, 0) is 35.6 Å². The Labute approximate surface area is 206 Å². The molecule has 2 aromatic carbocycles. The Morgan fingerprint density at radius 1 is 1.14 bits per heavy atom. The molecule has 1 aliphatic heterocycles. The fraction of sp³-hybridized carbons (Fsp3) is 0.308. The summed E-state index contributed by atoms with van der Waals surface area (Å²) in [6, 6.07) is 16.3. The SMILES string of the molecule is CC1(C(=O)O)CCN(C(=O)Cc2csc(NC(=O)OCC3c4ccccc4-c4ccccc43)n2)C1. The largest absolute Gasteiger partial charge is 0.481 e. The highest BCUT2D eigenvalue weighted by atomic mass is 32.1. The number of carboxylic acid groups (broad SMARTS) is 1. The van der Waals surface area contributed by atoms with Gasteiger partial charge in [-0.25, -0.2) is 9.78 Å². The normalized spacial score (nSPS) is 18.7. The third-order valence-electron chi connectivity index (χ3n) is 6.78. The number of aromatic nitrogens is 1. The molecule has 1 fully saturated rings. The maximum absolute atomic E-state index is 12.6. The van der Waals surface area contributed by atoms with Crippen LogP contribution >= 0.6 is 11.3 Å². The Morgan fingerprint density at radius 3 is 2.43 bits per heavy atom. The summed E-state index contributed by atoms with van der Waals surface area (Å²) in [5.74, 6) is -1.10. The van der Waals surface area contributed by atoms with Crippen molar-refractivity contribution in [2.75, 3.05) is 25.0 Å². The van der Waals surface area contributed by atoms with Gasteiger partial charge in [0.15, 0.2) is 5.13 Å². The van der Waals surface area contributed by atoms with Crippen LogP contribution in [0.5, 0.6) is 0 Å². The van der Waals surface area contributed by atoms with Gasteiger partial charge < -0.3 is 14.7 Å². The van der Waals surface area contributed by atoms with Crippen LogP contribution in [0.25, 0.3) is 11.1 Å². The molecule has 3 aromatic rings. The Kier molecular flexibility index (Phi) is 6.02. The number of fused-ring (bicyclic) bond motifs is 3. The number of hydrogen-bond donors (Lipinski definition) is 2. The molecule has 0 bridgehead atoms. The summed E-state index contributed by atoms with van der Waals surface area (Å²) in [5.41, 5.74) is 4.21. The van der Waals surface area contributed by atoms with Crippen molar-refractivity contribution in [2.24, 2.45) is 5.41 Å². The van der Waals surface area contributed by atoms with E-state index in [1.54, 1.807) is 17.2 Å². The van der Waals surface area contributed by atoms with Crippen molar-refractivity contribution in [3.05, 3.63) is 70.7 Å². The molecule has 180 valence electrons. The van der Waals surface area contributed by atoms with Crippen molar-refractivity contribution < 1.29 is 24.2 Å². The first-order chi connectivity index (χ1) is 16.8. The van der Waals surface area contributed by atoms with E-state index in [0.717, 1.165) is 22.3 Å². The molecule has 1 atom stereocenters. The van der Waals surface area contributed by atoms with Crippen LogP contribution in [-0.2, 0) is 20.7 Å². The number of amides is 2. The van der Waals surface area contributed by atoms with E-state index in [0.29, 0.717) is 23.8 Å². The number of anilines is 1. The molecule has 1 aliphatic carbocycles. The predicted octanol–water partition coefficient (Wildman–Crippen LogP) is 4.37. The van der Waals surface area contributed by atoms with E-state index in [4.69, 9.17) is 4.74 Å². The van der Waals surface area contributed by atoms with Gasteiger partial charge >= 0.3 is 12.1 Å². The van der Waals surface area contributed by atoms with Crippen LogP contribution in [0.4, 0.5) is 9.93 Å². The smallest absolute Gasteiger partial charge is 0.413 e. The van der Waals surface area contributed by atoms with E-state index in [2.05, 4.69) is 34.6 Å². The van der Waals surface area contributed by atoms with Crippen LogP contribution in [0.2, 0.25) is 0 Å². The molecule has 9 heteroatoms. The van der Waals surface area contributed by atoms with Crippen molar-refractivity contribution in [3.63, 3.8) is 0 Å². The summed E-state index contributed by atoms with van der Waals surface area (Å²) in [5, 5.41) is 14.1. The van der Waals surface area contributed by atoms with Crippen molar-refractivity contribution in [1.82, 2.24) is 9.88 Å². The van der Waals surface area contributed by atoms with Crippen molar-refractivity contribution in [1.29, 1.82) is 0 Å². The number of carbonyl (C=O) groups is 3. The number of hydrogen-bond acceptors (Lipinski definition) is 6. The number of benzene rings is 2. The molecule has 1 saturated heterocycles. The number of thiazole rings is 1. The molecular weight excluding hydrogens is 466 g/mol. The van der Waals surface area contributed by atoms with Gasteiger partial charge in [-0.2, -0.15) is 0 Å². The summed E-state index contributed by atoms with van der Waals surface area (Å²) < 4.78 is 5.55. The molecule has 2 heterocycles.